The molecule has 0 fully saturated rings. The van der Waals surface area contributed by atoms with E-state index >= 15 is 0 Å². The third kappa shape index (κ3) is 5.88. The second-order valence-electron chi connectivity index (χ2n) is 9.78. The van der Waals surface area contributed by atoms with E-state index in [4.69, 9.17) is 0 Å². The van der Waals surface area contributed by atoms with Gasteiger partial charge in [0, 0.05) is 31.8 Å². The van der Waals surface area contributed by atoms with Crippen LogP contribution < -0.4 is 24.8 Å². The Labute approximate surface area is 270 Å². The fourth-order valence-electron chi connectivity index (χ4n) is 5.81. The first-order valence-electron chi connectivity index (χ1n) is 12.4. The Kier molecular flexibility index (Phi) is 10.0. The molecule has 0 aliphatic heterocycles. The van der Waals surface area contributed by atoms with E-state index < -0.39 is 29.4 Å². The van der Waals surface area contributed by atoms with Crippen molar-refractivity contribution in [3.8, 4) is 11.1 Å². The van der Waals surface area contributed by atoms with E-state index in [0.717, 1.165) is 50.7 Å². The molecule has 0 spiro atoms. The summed E-state index contributed by atoms with van der Waals surface area (Å²) in [5.74, 6) is -0.569. The standard InChI is InChI=1S/C33H21F6.2ClH.Hf/c1-19-25-12-7-8-14-27(25)31(29(19)22-15-23(32(34,35)36)18-24(16-22)33(37,38)39)30-26-13-6-5-11-21(26)17-28(30)20-9-3-2-4-10-20;;;/h2-18,31H,1H3;2*1H;/q-1;;;/p-2. The fourth-order valence-corrected chi connectivity index (χ4v) is 5.81. The van der Waals surface area contributed by atoms with Crippen LogP contribution in [0.25, 0.3) is 33.0 Å². The van der Waals surface area contributed by atoms with Gasteiger partial charge in [0.2, 0.25) is 0 Å². The van der Waals surface area contributed by atoms with Crippen molar-refractivity contribution in [1.29, 1.82) is 0 Å². The first-order valence-corrected chi connectivity index (χ1v) is 12.4. The topological polar surface area (TPSA) is 0 Å². The predicted molar refractivity (Wildman–Crippen MR) is 142 cm³/mol. The zero-order chi connectivity index (χ0) is 27.5. The van der Waals surface area contributed by atoms with Crippen molar-refractivity contribution in [3.63, 3.8) is 0 Å². The Morgan fingerprint density at radius 3 is 1.81 bits per heavy atom. The number of rotatable bonds is 3. The van der Waals surface area contributed by atoms with Gasteiger partial charge in [-0.1, -0.05) is 78.4 Å². The molecule has 0 aromatic heterocycles. The molecule has 9 heteroatoms. The SMILES string of the molecule is CC1=C(c2cc(C(F)(F)F)cc(C(F)(F)F)c2)C(c2c(-c3ccccc3)[cH-]c3ccccc23)c2ccccc21.[Cl-].[Cl-].[Hf]. The van der Waals surface area contributed by atoms with Gasteiger partial charge >= 0.3 is 12.4 Å². The summed E-state index contributed by atoms with van der Waals surface area (Å²) < 4.78 is 83.2. The van der Waals surface area contributed by atoms with Gasteiger partial charge in [0.15, 0.2) is 0 Å². The number of fused-ring (bicyclic) bond motifs is 2. The van der Waals surface area contributed by atoms with Gasteiger partial charge in [0.25, 0.3) is 0 Å². The molecule has 1 aliphatic carbocycles. The van der Waals surface area contributed by atoms with E-state index in [1.807, 2.05) is 84.9 Å². The minimum Gasteiger partial charge on any atom is -1.00 e. The number of benzene rings is 4. The van der Waals surface area contributed by atoms with E-state index in [2.05, 4.69) is 0 Å². The maximum absolute atomic E-state index is 13.9. The maximum Gasteiger partial charge on any atom is 0.416 e. The zero-order valence-corrected chi connectivity index (χ0v) is 27.0. The molecule has 0 saturated carbocycles. The van der Waals surface area contributed by atoms with Gasteiger partial charge in [-0.15, -0.1) is 34.0 Å². The third-order valence-electron chi connectivity index (χ3n) is 7.48. The molecule has 1 aliphatic rings. The molecule has 0 heterocycles. The maximum atomic E-state index is 13.9. The summed E-state index contributed by atoms with van der Waals surface area (Å²) in [6.07, 6.45) is -9.87. The Hall–Kier alpha value is -2.74. The molecular weight excluding hydrogens is 760 g/mol. The summed E-state index contributed by atoms with van der Waals surface area (Å²) in [7, 11) is 0. The summed E-state index contributed by atoms with van der Waals surface area (Å²) in [5.41, 5.74) is 2.72. The van der Waals surface area contributed by atoms with Crippen molar-refractivity contribution in [2.45, 2.75) is 25.2 Å². The van der Waals surface area contributed by atoms with Crippen LogP contribution in [0.5, 0.6) is 0 Å². The van der Waals surface area contributed by atoms with Crippen LogP contribution in [-0.4, -0.2) is 0 Å². The van der Waals surface area contributed by atoms with Crippen molar-refractivity contribution in [2.75, 3.05) is 0 Å². The van der Waals surface area contributed by atoms with Crippen molar-refractivity contribution in [3.05, 3.63) is 137 Å². The minimum atomic E-state index is -4.94. The molecule has 0 saturated heterocycles. The predicted octanol–water partition coefficient (Wildman–Crippen LogP) is 4.35. The van der Waals surface area contributed by atoms with E-state index in [0.29, 0.717) is 11.1 Å². The molecule has 1 unspecified atom stereocenters. The van der Waals surface area contributed by atoms with E-state index in [-0.39, 0.29) is 62.3 Å². The van der Waals surface area contributed by atoms with Crippen molar-refractivity contribution in [2.24, 2.45) is 0 Å². The first kappa shape index (κ1) is 33.8. The van der Waals surface area contributed by atoms with Crippen LogP contribution in [0.15, 0.2) is 103 Å². The number of hydrogen-bond donors (Lipinski definition) is 0. The van der Waals surface area contributed by atoms with Gasteiger partial charge in [0.05, 0.1) is 11.1 Å². The Balaban J connectivity index is 0.00000161. The van der Waals surface area contributed by atoms with E-state index in [1.54, 1.807) is 6.92 Å². The van der Waals surface area contributed by atoms with Gasteiger partial charge in [-0.2, -0.15) is 26.3 Å². The molecule has 0 bridgehead atoms. The summed E-state index contributed by atoms with van der Waals surface area (Å²) in [6, 6.07) is 28.7. The Bertz CT molecular complexity index is 1720. The van der Waals surface area contributed by atoms with Crippen molar-refractivity contribution < 1.29 is 77.0 Å². The summed E-state index contributed by atoms with van der Waals surface area (Å²) in [6.45, 7) is 1.77. The molecule has 216 valence electrons. The number of allylic oxidation sites excluding steroid dienone is 2. The van der Waals surface area contributed by atoms with Gasteiger partial charge in [0.1, 0.15) is 0 Å². The number of halogens is 8. The summed E-state index contributed by atoms with van der Waals surface area (Å²) in [5, 5.41) is 1.86. The second-order valence-corrected chi connectivity index (χ2v) is 9.78. The zero-order valence-electron chi connectivity index (χ0n) is 21.9. The van der Waals surface area contributed by atoms with Gasteiger partial charge in [-0.05, 0) is 53.0 Å². The van der Waals surface area contributed by atoms with Crippen LogP contribution in [0.4, 0.5) is 26.3 Å². The molecule has 5 aromatic carbocycles. The molecule has 0 amide bonds. The van der Waals surface area contributed by atoms with Crippen LogP contribution in [0.2, 0.25) is 0 Å². The minimum absolute atomic E-state index is 0. The molecule has 0 nitrogen and oxygen atoms in total. The third-order valence-corrected chi connectivity index (χ3v) is 7.48. The normalized spacial score (nSPS) is 14.6. The van der Waals surface area contributed by atoms with Crippen LogP contribution in [-0.2, 0) is 38.2 Å². The molecule has 0 radical (unpaired) electrons. The fraction of sp³-hybridized carbons (Fsp3) is 0.121. The summed E-state index contributed by atoms with van der Waals surface area (Å²) >= 11 is 0. The molecule has 6 rings (SSSR count). The van der Waals surface area contributed by atoms with Gasteiger partial charge in [-0.25, -0.2) is 0 Å². The van der Waals surface area contributed by atoms with Crippen LogP contribution >= 0.6 is 0 Å². The Morgan fingerprint density at radius 2 is 1.19 bits per heavy atom. The number of alkyl halides is 6. The number of hydrogen-bond acceptors (Lipinski definition) is 0. The monoisotopic (exact) mass is 781 g/mol. The first-order chi connectivity index (χ1) is 18.5. The molecule has 1 atom stereocenters. The second kappa shape index (κ2) is 12.5. The van der Waals surface area contributed by atoms with Gasteiger partial charge in [-0.3, -0.25) is 0 Å². The van der Waals surface area contributed by atoms with Crippen molar-refractivity contribution in [1.82, 2.24) is 0 Å². The van der Waals surface area contributed by atoms with E-state index in [1.165, 1.54) is 0 Å². The van der Waals surface area contributed by atoms with Gasteiger partial charge < -0.3 is 24.8 Å². The molecule has 0 N–H and O–H groups in total. The molecule has 42 heavy (non-hydrogen) atoms. The molecular formula is C33H21Cl2F6Hf-3. The largest absolute Gasteiger partial charge is 1.00 e. The van der Waals surface area contributed by atoms with Crippen LogP contribution in [0, 0.1) is 0 Å². The average molecular weight is 781 g/mol. The quantitative estimate of drug-likeness (QED) is 0.145. The average Bonchev–Trinajstić information content (AvgIpc) is 3.43. The summed E-state index contributed by atoms with van der Waals surface area (Å²) in [4.78, 5) is 0. The van der Waals surface area contributed by atoms with Crippen molar-refractivity contribution >= 4 is 21.9 Å². The van der Waals surface area contributed by atoms with E-state index in [9.17, 15) is 26.3 Å². The molecule has 5 aromatic rings. The van der Waals surface area contributed by atoms with Crippen LogP contribution in [0.3, 0.4) is 0 Å². The van der Waals surface area contributed by atoms with Crippen LogP contribution in [0.1, 0.15) is 46.2 Å². The smallest absolute Gasteiger partial charge is 0.416 e. The Morgan fingerprint density at radius 1 is 0.643 bits per heavy atom.